The van der Waals surface area contributed by atoms with E-state index in [4.69, 9.17) is 14.9 Å². The van der Waals surface area contributed by atoms with Gasteiger partial charge in [-0.25, -0.2) is 0 Å². The summed E-state index contributed by atoms with van der Waals surface area (Å²) in [5.74, 6) is 1.74. The van der Waals surface area contributed by atoms with Crippen LogP contribution in [-0.4, -0.2) is 6.61 Å². The Labute approximate surface area is 108 Å². The minimum absolute atomic E-state index is 0.00475. The molecule has 1 aromatic carbocycles. The Morgan fingerprint density at radius 3 is 2.56 bits per heavy atom. The van der Waals surface area contributed by atoms with E-state index in [2.05, 4.69) is 20.8 Å². The first-order valence-corrected chi connectivity index (χ1v) is 6.36. The van der Waals surface area contributed by atoms with Crippen molar-refractivity contribution in [1.82, 2.24) is 0 Å². The molecule has 0 aliphatic heterocycles. The molecule has 0 amide bonds. The summed E-state index contributed by atoms with van der Waals surface area (Å²) in [6, 6.07) is 5.93. The number of benzene rings is 1. The van der Waals surface area contributed by atoms with Crippen LogP contribution in [0.2, 0.25) is 0 Å². The lowest BCUT2D eigenvalue weighted by molar-refractivity contribution is 0.340. The SMILES string of the molecule is CCOc1ccc2oc(CN)c(C(C)(C)C)c2c1. The van der Waals surface area contributed by atoms with E-state index in [0.717, 1.165) is 22.5 Å². The highest BCUT2D eigenvalue weighted by molar-refractivity contribution is 5.85. The molecule has 1 heterocycles. The molecule has 0 spiro atoms. The molecule has 3 nitrogen and oxygen atoms in total. The Hall–Kier alpha value is -1.48. The van der Waals surface area contributed by atoms with Crippen molar-refractivity contribution in [3.05, 3.63) is 29.5 Å². The van der Waals surface area contributed by atoms with Gasteiger partial charge in [-0.15, -0.1) is 0 Å². The molecule has 0 saturated carbocycles. The van der Waals surface area contributed by atoms with Gasteiger partial charge >= 0.3 is 0 Å². The molecule has 2 aromatic rings. The molecule has 1 aromatic heterocycles. The topological polar surface area (TPSA) is 48.4 Å². The number of ether oxygens (including phenoxy) is 1. The number of fused-ring (bicyclic) bond motifs is 1. The second-order valence-corrected chi connectivity index (χ2v) is 5.45. The van der Waals surface area contributed by atoms with Crippen LogP contribution in [-0.2, 0) is 12.0 Å². The van der Waals surface area contributed by atoms with Crippen molar-refractivity contribution < 1.29 is 9.15 Å². The van der Waals surface area contributed by atoms with Gasteiger partial charge in [0.05, 0.1) is 13.2 Å². The van der Waals surface area contributed by atoms with Crippen molar-refractivity contribution in [2.24, 2.45) is 5.73 Å². The van der Waals surface area contributed by atoms with Gasteiger partial charge in [0, 0.05) is 10.9 Å². The maximum absolute atomic E-state index is 5.83. The zero-order valence-corrected chi connectivity index (χ0v) is 11.5. The van der Waals surface area contributed by atoms with Crippen LogP contribution in [0.25, 0.3) is 11.0 Å². The van der Waals surface area contributed by atoms with Crippen molar-refractivity contribution in [2.75, 3.05) is 6.61 Å². The molecule has 18 heavy (non-hydrogen) atoms. The molecule has 0 unspecified atom stereocenters. The minimum Gasteiger partial charge on any atom is -0.494 e. The van der Waals surface area contributed by atoms with Crippen LogP contribution in [0.3, 0.4) is 0 Å². The molecule has 2 N–H and O–H groups in total. The van der Waals surface area contributed by atoms with Crippen LogP contribution in [0, 0.1) is 0 Å². The fourth-order valence-corrected chi connectivity index (χ4v) is 2.35. The second kappa shape index (κ2) is 4.65. The number of hydrogen-bond acceptors (Lipinski definition) is 3. The van der Waals surface area contributed by atoms with E-state index in [1.165, 1.54) is 5.56 Å². The van der Waals surface area contributed by atoms with Gasteiger partial charge in [-0.3, -0.25) is 0 Å². The predicted molar refractivity (Wildman–Crippen MR) is 74.0 cm³/mol. The van der Waals surface area contributed by atoms with Crippen LogP contribution in [0.4, 0.5) is 0 Å². The molecular formula is C15H21NO2. The summed E-state index contributed by atoms with van der Waals surface area (Å²) in [7, 11) is 0. The molecular weight excluding hydrogens is 226 g/mol. The van der Waals surface area contributed by atoms with Gasteiger partial charge < -0.3 is 14.9 Å². The highest BCUT2D eigenvalue weighted by atomic mass is 16.5. The lowest BCUT2D eigenvalue weighted by atomic mass is 9.85. The molecule has 0 aliphatic carbocycles. The standard InChI is InChI=1S/C15H21NO2/c1-5-17-10-6-7-12-11(8-10)14(15(2,3)4)13(9-16)18-12/h6-8H,5,9,16H2,1-4H3. The molecule has 98 valence electrons. The summed E-state index contributed by atoms with van der Waals surface area (Å²) in [6.07, 6.45) is 0. The molecule has 3 heteroatoms. The van der Waals surface area contributed by atoms with Gasteiger partial charge in [0.1, 0.15) is 17.1 Å². The summed E-state index contributed by atoms with van der Waals surface area (Å²) in [5.41, 5.74) is 7.85. The number of hydrogen-bond donors (Lipinski definition) is 1. The third-order valence-corrected chi connectivity index (χ3v) is 2.98. The first kappa shape index (κ1) is 13.0. The zero-order chi connectivity index (χ0) is 13.3. The van der Waals surface area contributed by atoms with Crippen molar-refractivity contribution in [3.63, 3.8) is 0 Å². The molecule has 0 saturated heterocycles. The Balaban J connectivity index is 2.67. The van der Waals surface area contributed by atoms with Crippen molar-refractivity contribution in [1.29, 1.82) is 0 Å². The largest absolute Gasteiger partial charge is 0.494 e. The lowest BCUT2D eigenvalue weighted by Crippen LogP contribution is -2.14. The third-order valence-electron chi connectivity index (χ3n) is 2.98. The van der Waals surface area contributed by atoms with E-state index < -0.39 is 0 Å². The Bertz CT molecular complexity index is 549. The van der Waals surface area contributed by atoms with Crippen molar-refractivity contribution in [3.8, 4) is 5.75 Å². The molecule has 0 fully saturated rings. The van der Waals surface area contributed by atoms with Crippen LogP contribution in [0.1, 0.15) is 39.0 Å². The molecule has 0 radical (unpaired) electrons. The summed E-state index contributed by atoms with van der Waals surface area (Å²) >= 11 is 0. The fourth-order valence-electron chi connectivity index (χ4n) is 2.35. The maximum atomic E-state index is 5.83. The number of furan rings is 1. The highest BCUT2D eigenvalue weighted by Gasteiger charge is 2.24. The van der Waals surface area contributed by atoms with Crippen LogP contribution in [0.5, 0.6) is 5.75 Å². The highest BCUT2D eigenvalue weighted by Crippen LogP contribution is 2.37. The Morgan fingerprint density at radius 2 is 2.00 bits per heavy atom. The van der Waals surface area contributed by atoms with Gasteiger partial charge in [-0.1, -0.05) is 20.8 Å². The van der Waals surface area contributed by atoms with Crippen LogP contribution >= 0.6 is 0 Å². The van der Waals surface area contributed by atoms with Crippen LogP contribution in [0.15, 0.2) is 22.6 Å². The minimum atomic E-state index is 0.00475. The smallest absolute Gasteiger partial charge is 0.134 e. The quantitative estimate of drug-likeness (QED) is 0.901. The van der Waals surface area contributed by atoms with Gasteiger partial charge in [-0.05, 0) is 30.5 Å². The van der Waals surface area contributed by atoms with Gasteiger partial charge in [0.2, 0.25) is 0 Å². The molecule has 2 rings (SSSR count). The lowest BCUT2D eigenvalue weighted by Gasteiger charge is -2.19. The van der Waals surface area contributed by atoms with Gasteiger partial charge in [-0.2, -0.15) is 0 Å². The van der Waals surface area contributed by atoms with E-state index in [-0.39, 0.29) is 5.41 Å². The zero-order valence-electron chi connectivity index (χ0n) is 11.5. The summed E-state index contributed by atoms with van der Waals surface area (Å²) < 4.78 is 11.4. The van der Waals surface area contributed by atoms with E-state index in [1.807, 2.05) is 25.1 Å². The van der Waals surface area contributed by atoms with Gasteiger partial charge in [0.15, 0.2) is 0 Å². The second-order valence-electron chi connectivity index (χ2n) is 5.45. The summed E-state index contributed by atoms with van der Waals surface area (Å²) in [5, 5.41) is 1.11. The summed E-state index contributed by atoms with van der Waals surface area (Å²) in [4.78, 5) is 0. The fraction of sp³-hybridized carbons (Fsp3) is 0.467. The maximum Gasteiger partial charge on any atom is 0.134 e. The van der Waals surface area contributed by atoms with E-state index >= 15 is 0 Å². The van der Waals surface area contributed by atoms with Crippen LogP contribution < -0.4 is 10.5 Å². The molecule has 0 bridgehead atoms. The average Bonchev–Trinajstić information content (AvgIpc) is 2.66. The monoisotopic (exact) mass is 247 g/mol. The molecule has 0 atom stereocenters. The Morgan fingerprint density at radius 1 is 1.28 bits per heavy atom. The first-order valence-electron chi connectivity index (χ1n) is 6.36. The normalized spacial score (nSPS) is 12.1. The van der Waals surface area contributed by atoms with Crippen molar-refractivity contribution >= 4 is 11.0 Å². The van der Waals surface area contributed by atoms with E-state index in [0.29, 0.717) is 13.2 Å². The van der Waals surface area contributed by atoms with Gasteiger partial charge in [0.25, 0.3) is 0 Å². The third kappa shape index (κ3) is 2.23. The molecule has 0 aliphatic rings. The Kier molecular flexibility index (Phi) is 3.35. The first-order chi connectivity index (χ1) is 8.47. The number of nitrogens with two attached hydrogens (primary N) is 1. The van der Waals surface area contributed by atoms with Crippen molar-refractivity contribution in [2.45, 2.75) is 39.7 Å². The van der Waals surface area contributed by atoms with E-state index in [1.54, 1.807) is 0 Å². The number of rotatable bonds is 3. The average molecular weight is 247 g/mol. The predicted octanol–water partition coefficient (Wildman–Crippen LogP) is 3.59. The van der Waals surface area contributed by atoms with E-state index in [9.17, 15) is 0 Å². The summed E-state index contributed by atoms with van der Waals surface area (Å²) in [6.45, 7) is 9.58.